The molecule has 0 bridgehead atoms. The van der Waals surface area contributed by atoms with Gasteiger partial charge in [-0.3, -0.25) is 4.79 Å². The Hall–Kier alpha value is -2.53. The number of para-hydroxylation sites is 1. The number of phenols is 1. The van der Waals surface area contributed by atoms with Crippen molar-refractivity contribution in [3.63, 3.8) is 0 Å². The summed E-state index contributed by atoms with van der Waals surface area (Å²) in [6, 6.07) is 13.7. The molecule has 2 aromatic rings. The number of benzene rings is 2. The molecule has 0 radical (unpaired) electrons. The van der Waals surface area contributed by atoms with E-state index in [4.69, 9.17) is 11.6 Å². The second-order valence-corrected chi connectivity index (χ2v) is 4.65. The van der Waals surface area contributed by atoms with Crippen molar-refractivity contribution in [1.82, 2.24) is 5.43 Å². The van der Waals surface area contributed by atoms with Gasteiger partial charge >= 0.3 is 0 Å². The lowest BCUT2D eigenvalue weighted by atomic mass is 10.2. The van der Waals surface area contributed by atoms with E-state index in [0.29, 0.717) is 10.6 Å². The lowest BCUT2D eigenvalue weighted by Crippen LogP contribution is -2.25. The van der Waals surface area contributed by atoms with Crippen molar-refractivity contribution in [2.24, 2.45) is 5.10 Å². The molecule has 5 nitrogen and oxygen atoms in total. The van der Waals surface area contributed by atoms with Crippen LogP contribution < -0.4 is 10.7 Å². The van der Waals surface area contributed by atoms with Crippen LogP contribution in [0.2, 0.25) is 5.02 Å². The molecule has 6 heteroatoms. The van der Waals surface area contributed by atoms with E-state index >= 15 is 0 Å². The summed E-state index contributed by atoms with van der Waals surface area (Å²) in [5.74, 6) is -0.189. The summed E-state index contributed by atoms with van der Waals surface area (Å²) in [5.41, 5.74) is 3.69. The minimum Gasteiger partial charge on any atom is -0.507 e. The van der Waals surface area contributed by atoms with Crippen LogP contribution >= 0.6 is 11.6 Å². The number of halogens is 1. The number of phenolic OH excluding ortho intramolecular Hbond substituents is 1. The van der Waals surface area contributed by atoms with Crippen molar-refractivity contribution in [2.75, 3.05) is 11.9 Å². The Morgan fingerprint density at radius 2 is 1.90 bits per heavy atom. The highest BCUT2D eigenvalue weighted by molar-refractivity contribution is 6.30. The van der Waals surface area contributed by atoms with E-state index in [2.05, 4.69) is 15.8 Å². The van der Waals surface area contributed by atoms with Gasteiger partial charge in [-0.2, -0.15) is 5.10 Å². The third kappa shape index (κ3) is 4.81. The molecule has 0 fully saturated rings. The maximum atomic E-state index is 11.6. The average Bonchev–Trinajstić information content (AvgIpc) is 2.49. The third-order valence-corrected chi connectivity index (χ3v) is 2.88. The molecule has 0 spiro atoms. The second-order valence-electron chi connectivity index (χ2n) is 4.21. The number of hydrazone groups is 1. The first-order chi connectivity index (χ1) is 10.1. The normalized spacial score (nSPS) is 10.5. The Bertz CT molecular complexity index is 642. The zero-order valence-corrected chi connectivity index (χ0v) is 11.8. The van der Waals surface area contributed by atoms with Crippen LogP contribution in [0.3, 0.4) is 0 Å². The number of hydrogen-bond donors (Lipinski definition) is 3. The molecule has 0 aliphatic rings. The van der Waals surface area contributed by atoms with Gasteiger partial charge < -0.3 is 10.4 Å². The molecular formula is C15H14ClN3O2. The number of anilines is 1. The van der Waals surface area contributed by atoms with Gasteiger partial charge in [0.2, 0.25) is 0 Å². The maximum Gasteiger partial charge on any atom is 0.259 e. The summed E-state index contributed by atoms with van der Waals surface area (Å²) in [6.07, 6.45) is 1.38. The predicted molar refractivity (Wildman–Crippen MR) is 83.8 cm³/mol. The summed E-state index contributed by atoms with van der Waals surface area (Å²) < 4.78 is 0. The van der Waals surface area contributed by atoms with E-state index in [-0.39, 0.29) is 18.2 Å². The predicted octanol–water partition coefficient (Wildman–Crippen LogP) is 2.61. The summed E-state index contributed by atoms with van der Waals surface area (Å²) in [6.45, 7) is 0.0831. The molecule has 3 N–H and O–H groups in total. The Kier molecular flexibility index (Phi) is 5.17. The fourth-order valence-corrected chi connectivity index (χ4v) is 1.69. The van der Waals surface area contributed by atoms with Gasteiger partial charge in [0.1, 0.15) is 5.75 Å². The number of carbonyl (C=O) groups is 1. The molecule has 1 amide bonds. The van der Waals surface area contributed by atoms with Crippen LogP contribution in [0.4, 0.5) is 5.69 Å². The van der Waals surface area contributed by atoms with Crippen LogP contribution in [0.25, 0.3) is 0 Å². The van der Waals surface area contributed by atoms with Gasteiger partial charge in [0.05, 0.1) is 12.8 Å². The van der Waals surface area contributed by atoms with Crippen LogP contribution in [0.15, 0.2) is 53.6 Å². The van der Waals surface area contributed by atoms with Crippen molar-refractivity contribution in [3.8, 4) is 5.75 Å². The number of amides is 1. The number of hydrogen-bond acceptors (Lipinski definition) is 4. The van der Waals surface area contributed by atoms with E-state index < -0.39 is 0 Å². The van der Waals surface area contributed by atoms with Gasteiger partial charge in [0.15, 0.2) is 0 Å². The standard InChI is InChI=1S/C15H14ClN3O2/c16-12-5-7-13(8-6-12)17-10-15(21)19-18-9-11-3-1-2-4-14(11)20/h1-9,17,20H,10H2,(H,19,21). The summed E-state index contributed by atoms with van der Waals surface area (Å²) in [7, 11) is 0. The fraction of sp³-hybridized carbons (Fsp3) is 0.0667. The number of rotatable bonds is 5. The second kappa shape index (κ2) is 7.31. The minimum atomic E-state index is -0.295. The zero-order valence-electron chi connectivity index (χ0n) is 11.1. The molecule has 2 rings (SSSR count). The SMILES string of the molecule is O=C(CNc1ccc(Cl)cc1)NN=Cc1ccccc1O. The van der Waals surface area contributed by atoms with E-state index in [0.717, 1.165) is 5.69 Å². The monoisotopic (exact) mass is 303 g/mol. The van der Waals surface area contributed by atoms with Gasteiger partial charge in [-0.25, -0.2) is 5.43 Å². The quantitative estimate of drug-likeness (QED) is 0.587. The van der Waals surface area contributed by atoms with Gasteiger partial charge in [0.25, 0.3) is 5.91 Å². The number of carbonyl (C=O) groups excluding carboxylic acids is 1. The molecule has 0 atom stereocenters. The summed E-state index contributed by atoms with van der Waals surface area (Å²) in [4.78, 5) is 11.6. The lowest BCUT2D eigenvalue weighted by Gasteiger charge is -2.05. The Morgan fingerprint density at radius 3 is 2.62 bits per heavy atom. The van der Waals surface area contributed by atoms with Crippen LogP contribution in [0, 0.1) is 0 Å². The van der Waals surface area contributed by atoms with Gasteiger partial charge in [0, 0.05) is 16.3 Å². The molecular weight excluding hydrogens is 290 g/mol. The maximum absolute atomic E-state index is 11.6. The van der Waals surface area contributed by atoms with Crippen LogP contribution in [0.1, 0.15) is 5.56 Å². The van der Waals surface area contributed by atoms with Crippen molar-refractivity contribution in [3.05, 3.63) is 59.1 Å². The number of nitrogens with zero attached hydrogens (tertiary/aromatic N) is 1. The summed E-state index contributed by atoms with van der Waals surface area (Å²) in [5, 5.41) is 16.9. The first-order valence-corrected chi connectivity index (χ1v) is 6.62. The highest BCUT2D eigenvalue weighted by Gasteiger charge is 2.00. The topological polar surface area (TPSA) is 73.7 Å². The highest BCUT2D eigenvalue weighted by atomic mass is 35.5. The molecule has 2 aromatic carbocycles. The molecule has 0 aliphatic carbocycles. The fourth-order valence-electron chi connectivity index (χ4n) is 1.56. The van der Waals surface area contributed by atoms with Crippen molar-refractivity contribution >= 4 is 29.4 Å². The zero-order chi connectivity index (χ0) is 15.1. The molecule has 108 valence electrons. The molecule has 0 unspecified atom stereocenters. The van der Waals surface area contributed by atoms with Crippen LogP contribution in [0.5, 0.6) is 5.75 Å². The van der Waals surface area contributed by atoms with Crippen molar-refractivity contribution < 1.29 is 9.90 Å². The van der Waals surface area contributed by atoms with E-state index in [1.54, 1.807) is 48.5 Å². The van der Waals surface area contributed by atoms with Gasteiger partial charge in [-0.05, 0) is 36.4 Å². The number of aromatic hydroxyl groups is 1. The molecule has 0 aromatic heterocycles. The van der Waals surface area contributed by atoms with E-state index in [9.17, 15) is 9.90 Å². The molecule has 0 heterocycles. The van der Waals surface area contributed by atoms with Crippen LogP contribution in [-0.4, -0.2) is 23.8 Å². The minimum absolute atomic E-state index is 0.0831. The van der Waals surface area contributed by atoms with Gasteiger partial charge in [-0.15, -0.1) is 0 Å². The highest BCUT2D eigenvalue weighted by Crippen LogP contribution is 2.13. The largest absolute Gasteiger partial charge is 0.507 e. The average molecular weight is 304 g/mol. The molecule has 0 saturated carbocycles. The van der Waals surface area contributed by atoms with Crippen molar-refractivity contribution in [1.29, 1.82) is 0 Å². The Balaban J connectivity index is 1.80. The lowest BCUT2D eigenvalue weighted by molar-refractivity contribution is -0.119. The van der Waals surface area contributed by atoms with Crippen molar-refractivity contribution in [2.45, 2.75) is 0 Å². The smallest absolute Gasteiger partial charge is 0.259 e. The Morgan fingerprint density at radius 1 is 1.19 bits per heavy atom. The first-order valence-electron chi connectivity index (χ1n) is 6.24. The van der Waals surface area contributed by atoms with E-state index in [1.807, 2.05) is 0 Å². The molecule has 0 saturated heterocycles. The summed E-state index contributed by atoms with van der Waals surface area (Å²) >= 11 is 5.77. The van der Waals surface area contributed by atoms with E-state index in [1.165, 1.54) is 6.21 Å². The molecule has 21 heavy (non-hydrogen) atoms. The third-order valence-electron chi connectivity index (χ3n) is 2.63. The van der Waals surface area contributed by atoms with Gasteiger partial charge in [-0.1, -0.05) is 23.7 Å². The van der Waals surface area contributed by atoms with Crippen LogP contribution in [-0.2, 0) is 4.79 Å². The first kappa shape index (κ1) is 14.9. The Labute approximate surface area is 127 Å². The number of nitrogens with one attached hydrogen (secondary N) is 2. The molecule has 0 aliphatic heterocycles.